The Hall–Kier alpha value is -1.55. The molecule has 0 spiro atoms. The van der Waals surface area contributed by atoms with Crippen LogP contribution >= 0.6 is 0 Å². The quantitative estimate of drug-likeness (QED) is 0.747. The summed E-state index contributed by atoms with van der Waals surface area (Å²) >= 11 is 0. The van der Waals surface area contributed by atoms with E-state index in [1.807, 2.05) is 24.3 Å². The number of nitrogens with two attached hydrogens (primary N) is 1. The third-order valence-corrected chi connectivity index (χ3v) is 2.00. The number of carbonyl (C=O) groups excluding carboxylic acids is 1. The number of methoxy groups -OCH3 is 1. The van der Waals surface area contributed by atoms with Crippen LogP contribution in [0.15, 0.2) is 24.3 Å². The lowest BCUT2D eigenvalue weighted by atomic mass is 10.2. The fraction of sp³-hybridized carbons (Fsp3) is 0.364. The summed E-state index contributed by atoms with van der Waals surface area (Å²) in [5, 5.41) is 2.78. The van der Waals surface area contributed by atoms with Crippen LogP contribution in [0.3, 0.4) is 0 Å². The number of rotatable bonds is 5. The van der Waals surface area contributed by atoms with E-state index in [0.29, 0.717) is 19.5 Å². The molecule has 1 aromatic rings. The Balaban J connectivity index is 2.46. The second-order valence-electron chi connectivity index (χ2n) is 3.17. The SMILES string of the molecule is COc1cccc(CNC(=O)CCN)c1. The van der Waals surface area contributed by atoms with E-state index in [1.165, 1.54) is 0 Å². The molecule has 0 aliphatic carbocycles. The molecule has 0 atom stereocenters. The van der Waals surface area contributed by atoms with E-state index < -0.39 is 0 Å². The average Bonchev–Trinajstić information content (AvgIpc) is 2.27. The molecular formula is C11H16N2O2. The first-order valence-corrected chi connectivity index (χ1v) is 4.86. The van der Waals surface area contributed by atoms with Crippen LogP contribution in [0.4, 0.5) is 0 Å². The van der Waals surface area contributed by atoms with Gasteiger partial charge in [-0.3, -0.25) is 4.79 Å². The smallest absolute Gasteiger partial charge is 0.221 e. The van der Waals surface area contributed by atoms with Crippen LogP contribution in [0.5, 0.6) is 5.75 Å². The van der Waals surface area contributed by atoms with Crippen LogP contribution in [0.1, 0.15) is 12.0 Å². The molecule has 0 aromatic heterocycles. The van der Waals surface area contributed by atoms with Gasteiger partial charge in [-0.1, -0.05) is 12.1 Å². The summed E-state index contributed by atoms with van der Waals surface area (Å²) in [7, 11) is 1.62. The van der Waals surface area contributed by atoms with Crippen molar-refractivity contribution in [1.29, 1.82) is 0 Å². The van der Waals surface area contributed by atoms with E-state index in [1.54, 1.807) is 7.11 Å². The lowest BCUT2D eigenvalue weighted by molar-refractivity contribution is -0.121. The maximum absolute atomic E-state index is 11.1. The van der Waals surface area contributed by atoms with Gasteiger partial charge in [0.15, 0.2) is 0 Å². The summed E-state index contributed by atoms with van der Waals surface area (Å²) in [5.74, 6) is 0.765. The van der Waals surface area contributed by atoms with Crippen molar-refractivity contribution < 1.29 is 9.53 Å². The van der Waals surface area contributed by atoms with Gasteiger partial charge < -0.3 is 15.8 Å². The monoisotopic (exact) mass is 208 g/mol. The predicted octanol–water partition coefficient (Wildman–Crippen LogP) is 0.660. The number of nitrogens with one attached hydrogen (secondary N) is 1. The summed E-state index contributed by atoms with van der Waals surface area (Å²) in [6.45, 7) is 0.889. The van der Waals surface area contributed by atoms with Crippen molar-refractivity contribution in [2.24, 2.45) is 5.73 Å². The molecule has 0 radical (unpaired) electrons. The van der Waals surface area contributed by atoms with E-state index in [4.69, 9.17) is 10.5 Å². The zero-order valence-electron chi connectivity index (χ0n) is 8.82. The van der Waals surface area contributed by atoms with Crippen molar-refractivity contribution >= 4 is 5.91 Å². The zero-order chi connectivity index (χ0) is 11.1. The van der Waals surface area contributed by atoms with Crippen LogP contribution in [0, 0.1) is 0 Å². The Labute approximate surface area is 89.4 Å². The third-order valence-electron chi connectivity index (χ3n) is 2.00. The number of carbonyl (C=O) groups is 1. The highest BCUT2D eigenvalue weighted by Gasteiger charge is 2.00. The molecule has 82 valence electrons. The molecule has 0 aliphatic rings. The minimum Gasteiger partial charge on any atom is -0.497 e. The van der Waals surface area contributed by atoms with Crippen molar-refractivity contribution in [1.82, 2.24) is 5.32 Å². The molecule has 3 N–H and O–H groups in total. The summed E-state index contributed by atoms with van der Waals surface area (Å²) in [6, 6.07) is 7.59. The molecule has 0 unspecified atom stereocenters. The molecule has 0 fully saturated rings. The van der Waals surface area contributed by atoms with E-state index in [0.717, 1.165) is 11.3 Å². The van der Waals surface area contributed by atoms with Crippen LogP contribution < -0.4 is 15.8 Å². The van der Waals surface area contributed by atoms with Gasteiger partial charge in [-0.2, -0.15) is 0 Å². The highest BCUT2D eigenvalue weighted by molar-refractivity contribution is 5.76. The van der Waals surface area contributed by atoms with E-state index in [-0.39, 0.29) is 5.91 Å². The zero-order valence-corrected chi connectivity index (χ0v) is 8.82. The van der Waals surface area contributed by atoms with Crippen LogP contribution in [-0.2, 0) is 11.3 Å². The number of amides is 1. The first-order valence-electron chi connectivity index (χ1n) is 4.86. The van der Waals surface area contributed by atoms with Gasteiger partial charge >= 0.3 is 0 Å². The Morgan fingerprint density at radius 1 is 1.53 bits per heavy atom. The summed E-state index contributed by atoms with van der Waals surface area (Å²) in [5.41, 5.74) is 6.28. The molecule has 1 rings (SSSR count). The number of benzene rings is 1. The Bertz CT molecular complexity index is 326. The Morgan fingerprint density at radius 3 is 3.00 bits per heavy atom. The van der Waals surface area contributed by atoms with Gasteiger partial charge in [0, 0.05) is 19.5 Å². The first-order chi connectivity index (χ1) is 7.26. The molecule has 15 heavy (non-hydrogen) atoms. The van der Waals surface area contributed by atoms with Gasteiger partial charge in [0.2, 0.25) is 5.91 Å². The molecule has 1 aromatic carbocycles. The molecule has 0 heterocycles. The van der Waals surface area contributed by atoms with Crippen LogP contribution in [-0.4, -0.2) is 19.6 Å². The van der Waals surface area contributed by atoms with Crippen LogP contribution in [0.2, 0.25) is 0 Å². The number of hydrogen-bond acceptors (Lipinski definition) is 3. The summed E-state index contributed by atoms with van der Waals surface area (Å²) < 4.78 is 5.08. The highest BCUT2D eigenvalue weighted by atomic mass is 16.5. The fourth-order valence-corrected chi connectivity index (χ4v) is 1.20. The Morgan fingerprint density at radius 2 is 2.33 bits per heavy atom. The predicted molar refractivity (Wildman–Crippen MR) is 58.5 cm³/mol. The van der Waals surface area contributed by atoms with Crippen LogP contribution in [0.25, 0.3) is 0 Å². The highest BCUT2D eigenvalue weighted by Crippen LogP contribution is 2.11. The first kappa shape index (κ1) is 11.5. The van der Waals surface area contributed by atoms with E-state index in [2.05, 4.69) is 5.32 Å². The Kier molecular flexibility index (Phi) is 4.63. The van der Waals surface area contributed by atoms with Gasteiger partial charge in [-0.05, 0) is 17.7 Å². The summed E-state index contributed by atoms with van der Waals surface area (Å²) in [6.07, 6.45) is 0.365. The normalized spacial score (nSPS) is 9.73. The maximum atomic E-state index is 11.1. The van der Waals surface area contributed by atoms with Crippen molar-refractivity contribution in [2.75, 3.05) is 13.7 Å². The maximum Gasteiger partial charge on any atom is 0.221 e. The molecule has 4 nitrogen and oxygen atoms in total. The second kappa shape index (κ2) is 6.03. The van der Waals surface area contributed by atoms with Gasteiger partial charge in [0.25, 0.3) is 0 Å². The molecule has 0 saturated carbocycles. The lowest BCUT2D eigenvalue weighted by Gasteiger charge is -2.06. The molecule has 1 amide bonds. The van der Waals surface area contributed by atoms with Crippen molar-refractivity contribution in [3.05, 3.63) is 29.8 Å². The van der Waals surface area contributed by atoms with Crippen molar-refractivity contribution in [3.8, 4) is 5.75 Å². The number of ether oxygens (including phenoxy) is 1. The molecule has 0 saturated heterocycles. The van der Waals surface area contributed by atoms with Gasteiger partial charge in [-0.15, -0.1) is 0 Å². The summed E-state index contributed by atoms with van der Waals surface area (Å²) in [4.78, 5) is 11.1. The largest absolute Gasteiger partial charge is 0.497 e. The minimum atomic E-state index is -0.0275. The fourth-order valence-electron chi connectivity index (χ4n) is 1.20. The van der Waals surface area contributed by atoms with E-state index in [9.17, 15) is 4.79 Å². The number of hydrogen-bond donors (Lipinski definition) is 2. The topological polar surface area (TPSA) is 64.3 Å². The second-order valence-corrected chi connectivity index (χ2v) is 3.17. The standard InChI is InChI=1S/C11H16N2O2/c1-15-10-4-2-3-9(7-10)8-13-11(14)5-6-12/h2-4,7H,5-6,8,12H2,1H3,(H,13,14). The van der Waals surface area contributed by atoms with Crippen molar-refractivity contribution in [3.63, 3.8) is 0 Å². The third kappa shape index (κ3) is 3.99. The lowest BCUT2D eigenvalue weighted by Crippen LogP contribution is -2.24. The molecule has 0 bridgehead atoms. The molecule has 4 heteroatoms. The van der Waals surface area contributed by atoms with Crippen molar-refractivity contribution in [2.45, 2.75) is 13.0 Å². The van der Waals surface area contributed by atoms with Gasteiger partial charge in [-0.25, -0.2) is 0 Å². The van der Waals surface area contributed by atoms with E-state index >= 15 is 0 Å². The molecular weight excluding hydrogens is 192 g/mol. The van der Waals surface area contributed by atoms with Gasteiger partial charge in [0.05, 0.1) is 7.11 Å². The average molecular weight is 208 g/mol. The molecule has 0 aliphatic heterocycles. The minimum absolute atomic E-state index is 0.0275. The van der Waals surface area contributed by atoms with Gasteiger partial charge in [0.1, 0.15) is 5.75 Å².